The lowest BCUT2D eigenvalue weighted by Crippen LogP contribution is -2.26. The second-order valence-corrected chi connectivity index (χ2v) is 6.69. The van der Waals surface area contributed by atoms with Gasteiger partial charge in [-0.05, 0) is 37.1 Å². The minimum absolute atomic E-state index is 0.0767. The third-order valence-electron chi connectivity index (χ3n) is 4.98. The van der Waals surface area contributed by atoms with Crippen LogP contribution in [0, 0.1) is 13.8 Å². The molecular formula is C19H21N5O. The first-order chi connectivity index (χ1) is 12.0. The van der Waals surface area contributed by atoms with Crippen LogP contribution in [-0.4, -0.2) is 30.1 Å². The van der Waals surface area contributed by atoms with Gasteiger partial charge < -0.3 is 9.47 Å². The van der Waals surface area contributed by atoms with Crippen LogP contribution < -0.4 is 0 Å². The minimum atomic E-state index is 0.0767. The van der Waals surface area contributed by atoms with E-state index in [0.29, 0.717) is 19.6 Å². The highest BCUT2D eigenvalue weighted by atomic mass is 16.2. The van der Waals surface area contributed by atoms with Gasteiger partial charge in [0.15, 0.2) is 0 Å². The zero-order valence-corrected chi connectivity index (χ0v) is 14.7. The zero-order valence-electron chi connectivity index (χ0n) is 14.7. The van der Waals surface area contributed by atoms with Gasteiger partial charge in [0.05, 0.1) is 37.3 Å². The number of hydrogen-bond acceptors (Lipinski definition) is 3. The van der Waals surface area contributed by atoms with Crippen molar-refractivity contribution in [1.29, 1.82) is 0 Å². The molecule has 1 aromatic carbocycles. The summed E-state index contributed by atoms with van der Waals surface area (Å²) in [5, 5.41) is 4.63. The highest BCUT2D eigenvalue weighted by Gasteiger charge is 2.30. The summed E-state index contributed by atoms with van der Waals surface area (Å²) >= 11 is 0. The molecule has 3 aromatic rings. The van der Waals surface area contributed by atoms with Crippen LogP contribution in [0.25, 0.3) is 0 Å². The lowest BCUT2D eigenvalue weighted by atomic mass is 10.1. The molecule has 6 heteroatoms. The monoisotopic (exact) mass is 335 g/mol. The van der Waals surface area contributed by atoms with Crippen LogP contribution in [-0.2, 0) is 26.7 Å². The van der Waals surface area contributed by atoms with Crippen LogP contribution in [0.4, 0.5) is 0 Å². The molecule has 0 aliphatic carbocycles. The van der Waals surface area contributed by atoms with Gasteiger partial charge in [0, 0.05) is 30.6 Å². The summed E-state index contributed by atoms with van der Waals surface area (Å²) in [6.07, 6.45) is 5.47. The van der Waals surface area contributed by atoms with Gasteiger partial charge in [-0.25, -0.2) is 4.98 Å². The molecule has 0 N–H and O–H groups in total. The van der Waals surface area contributed by atoms with Crippen molar-refractivity contribution in [3.05, 3.63) is 70.6 Å². The van der Waals surface area contributed by atoms with Gasteiger partial charge in [-0.15, -0.1) is 0 Å². The number of aromatic nitrogens is 4. The first-order valence-corrected chi connectivity index (χ1v) is 8.39. The van der Waals surface area contributed by atoms with E-state index >= 15 is 0 Å². The number of hydrogen-bond donors (Lipinski definition) is 0. The van der Waals surface area contributed by atoms with Crippen molar-refractivity contribution in [1.82, 2.24) is 24.2 Å². The molecular weight excluding hydrogens is 314 g/mol. The first-order valence-electron chi connectivity index (χ1n) is 8.39. The van der Waals surface area contributed by atoms with E-state index in [4.69, 9.17) is 0 Å². The van der Waals surface area contributed by atoms with Gasteiger partial charge in [0.2, 0.25) is 0 Å². The Kier molecular flexibility index (Phi) is 3.67. The number of imidazole rings is 1. The molecule has 25 heavy (non-hydrogen) atoms. The van der Waals surface area contributed by atoms with Crippen molar-refractivity contribution in [2.45, 2.75) is 33.5 Å². The van der Waals surface area contributed by atoms with E-state index < -0.39 is 0 Å². The summed E-state index contributed by atoms with van der Waals surface area (Å²) in [5.74, 6) is 0.0767. The summed E-state index contributed by atoms with van der Waals surface area (Å²) in [6, 6.07) is 5.90. The maximum absolute atomic E-state index is 12.9. The Morgan fingerprint density at radius 1 is 1.20 bits per heavy atom. The number of amides is 1. The molecule has 2 aromatic heterocycles. The fraction of sp³-hybridized carbons (Fsp3) is 0.316. The fourth-order valence-electron chi connectivity index (χ4n) is 3.35. The normalized spacial score (nSPS) is 13.3. The van der Waals surface area contributed by atoms with Crippen LogP contribution >= 0.6 is 0 Å². The number of aryl methyl sites for hydroxylation is 3. The Morgan fingerprint density at radius 2 is 2.04 bits per heavy atom. The quantitative estimate of drug-likeness (QED) is 0.739. The Balaban J connectivity index is 1.58. The summed E-state index contributed by atoms with van der Waals surface area (Å²) in [7, 11) is 1.94. The number of carbonyl (C=O) groups excluding carboxylic acids is 1. The molecule has 0 saturated carbocycles. The van der Waals surface area contributed by atoms with Crippen molar-refractivity contribution in [3.63, 3.8) is 0 Å². The minimum Gasteiger partial charge on any atom is -0.331 e. The molecule has 4 rings (SSSR count). The predicted molar refractivity (Wildman–Crippen MR) is 94.0 cm³/mol. The average Bonchev–Trinajstić information content (AvgIpc) is 3.29. The van der Waals surface area contributed by atoms with Gasteiger partial charge in [0.25, 0.3) is 5.91 Å². The molecule has 0 atom stereocenters. The zero-order chi connectivity index (χ0) is 17.6. The topological polar surface area (TPSA) is 56.0 Å². The Bertz CT molecular complexity index is 939. The molecule has 6 nitrogen and oxygen atoms in total. The van der Waals surface area contributed by atoms with Crippen molar-refractivity contribution in [2.75, 3.05) is 0 Å². The fourth-order valence-corrected chi connectivity index (χ4v) is 3.35. The molecule has 0 radical (unpaired) electrons. The number of rotatable bonds is 3. The summed E-state index contributed by atoms with van der Waals surface area (Å²) in [6.45, 7) is 5.99. The van der Waals surface area contributed by atoms with Crippen molar-refractivity contribution < 1.29 is 4.79 Å². The van der Waals surface area contributed by atoms with E-state index in [1.165, 1.54) is 5.56 Å². The van der Waals surface area contributed by atoms with E-state index in [2.05, 4.69) is 17.0 Å². The molecule has 1 aliphatic heterocycles. The van der Waals surface area contributed by atoms with E-state index in [1.54, 1.807) is 12.5 Å². The summed E-state index contributed by atoms with van der Waals surface area (Å²) in [4.78, 5) is 18.9. The van der Waals surface area contributed by atoms with Crippen LogP contribution in [0.15, 0.2) is 36.9 Å². The van der Waals surface area contributed by atoms with Crippen LogP contribution in [0.5, 0.6) is 0 Å². The van der Waals surface area contributed by atoms with E-state index in [0.717, 1.165) is 28.1 Å². The Labute approximate surface area is 146 Å². The number of fused-ring (bicyclic) bond motifs is 1. The molecule has 128 valence electrons. The van der Waals surface area contributed by atoms with Crippen LogP contribution in [0.2, 0.25) is 0 Å². The van der Waals surface area contributed by atoms with Gasteiger partial charge >= 0.3 is 0 Å². The molecule has 3 heterocycles. The maximum Gasteiger partial charge on any atom is 0.254 e. The third kappa shape index (κ3) is 2.73. The number of nitrogens with zero attached hydrogens (tertiary/aromatic N) is 5. The second-order valence-electron chi connectivity index (χ2n) is 6.69. The lowest BCUT2D eigenvalue weighted by Gasteiger charge is -2.17. The van der Waals surface area contributed by atoms with Crippen molar-refractivity contribution in [2.24, 2.45) is 7.05 Å². The van der Waals surface area contributed by atoms with Crippen LogP contribution in [0.3, 0.4) is 0 Å². The lowest BCUT2D eigenvalue weighted by molar-refractivity contribution is 0.0748. The number of carbonyl (C=O) groups is 1. The molecule has 0 bridgehead atoms. The van der Waals surface area contributed by atoms with Gasteiger partial charge in [-0.2, -0.15) is 5.10 Å². The highest BCUT2D eigenvalue weighted by Crippen LogP contribution is 2.27. The van der Waals surface area contributed by atoms with Gasteiger partial charge in [0.1, 0.15) is 0 Å². The molecule has 1 amide bonds. The maximum atomic E-state index is 12.9. The Hall–Kier alpha value is -2.89. The summed E-state index contributed by atoms with van der Waals surface area (Å²) in [5.41, 5.74) is 6.38. The molecule has 0 unspecified atom stereocenters. The molecule has 1 aliphatic rings. The van der Waals surface area contributed by atoms with E-state index in [9.17, 15) is 4.79 Å². The van der Waals surface area contributed by atoms with Crippen molar-refractivity contribution in [3.8, 4) is 0 Å². The van der Waals surface area contributed by atoms with Gasteiger partial charge in [-0.1, -0.05) is 6.07 Å². The number of benzene rings is 1. The highest BCUT2D eigenvalue weighted by molar-refractivity contribution is 5.94. The average molecular weight is 335 g/mol. The molecule has 0 spiro atoms. The third-order valence-corrected chi connectivity index (χ3v) is 4.98. The summed E-state index contributed by atoms with van der Waals surface area (Å²) < 4.78 is 3.89. The first kappa shape index (κ1) is 15.6. The Morgan fingerprint density at radius 3 is 2.76 bits per heavy atom. The largest absolute Gasteiger partial charge is 0.331 e. The molecule has 0 fully saturated rings. The standard InChI is InChI=1S/C19H21N5O/c1-13-4-5-15(8-14(13)2)19(25)24-9-16-17(10-23-7-6-20-12-23)21-22(3)18(16)11-24/h4-8,12H,9-11H2,1-3H3. The second kappa shape index (κ2) is 5.88. The van der Waals surface area contributed by atoms with Gasteiger partial charge in [-0.3, -0.25) is 9.48 Å². The smallest absolute Gasteiger partial charge is 0.254 e. The predicted octanol–water partition coefficient (Wildman–Crippen LogP) is 2.44. The van der Waals surface area contributed by atoms with Crippen LogP contribution in [0.1, 0.15) is 38.4 Å². The van der Waals surface area contributed by atoms with E-state index in [1.807, 2.05) is 52.5 Å². The van der Waals surface area contributed by atoms with E-state index in [-0.39, 0.29) is 5.91 Å². The SMILES string of the molecule is Cc1ccc(C(=O)N2Cc3c(Cn4ccnc4)nn(C)c3C2)cc1C. The van der Waals surface area contributed by atoms with Crippen molar-refractivity contribution >= 4 is 5.91 Å². The molecule has 0 saturated heterocycles.